The maximum absolute atomic E-state index is 12.1. The molecular formula is C17H14N4O3. The molecular weight excluding hydrogens is 308 g/mol. The number of methoxy groups -OCH3 is 1. The van der Waals surface area contributed by atoms with Gasteiger partial charge in [-0.05, 0) is 54.1 Å². The third-order valence-corrected chi connectivity index (χ3v) is 3.16. The number of esters is 1. The Kier molecular flexibility index (Phi) is 4.62. The number of nitrogens with zero attached hydrogens (tertiary/aromatic N) is 4. The second kappa shape index (κ2) is 7.19. The summed E-state index contributed by atoms with van der Waals surface area (Å²) in [5.74, 6) is 0.712. The SMILES string of the molecule is COc1ccc(C(=O)Oc2ccc(/C=N/n3cnnc3)cc2)cc1. The molecule has 0 bridgehead atoms. The van der Waals surface area contributed by atoms with Gasteiger partial charge in [0, 0.05) is 0 Å². The minimum atomic E-state index is -0.427. The first-order chi connectivity index (χ1) is 11.7. The Balaban J connectivity index is 1.63. The Hall–Kier alpha value is -3.48. The van der Waals surface area contributed by atoms with Crippen LogP contribution in [0.2, 0.25) is 0 Å². The molecule has 120 valence electrons. The standard InChI is InChI=1S/C17H14N4O3/c1-23-15-8-4-14(5-9-15)17(22)24-16-6-2-13(3-7-16)10-20-21-11-18-19-12-21/h2-12H,1H3/b20-10+. The highest BCUT2D eigenvalue weighted by Gasteiger charge is 2.08. The Labute approximate surface area is 138 Å². The molecule has 0 radical (unpaired) electrons. The van der Waals surface area contributed by atoms with Crippen LogP contribution in [0.3, 0.4) is 0 Å². The van der Waals surface area contributed by atoms with Crippen LogP contribution < -0.4 is 9.47 Å². The number of hydrogen-bond donors (Lipinski definition) is 0. The molecule has 0 aliphatic rings. The topological polar surface area (TPSA) is 78.6 Å². The van der Waals surface area contributed by atoms with Crippen molar-refractivity contribution in [1.29, 1.82) is 0 Å². The van der Waals surface area contributed by atoms with Gasteiger partial charge in [0.2, 0.25) is 0 Å². The molecule has 0 atom stereocenters. The summed E-state index contributed by atoms with van der Waals surface area (Å²) in [5.41, 5.74) is 1.31. The van der Waals surface area contributed by atoms with Crippen molar-refractivity contribution in [1.82, 2.24) is 14.9 Å². The summed E-state index contributed by atoms with van der Waals surface area (Å²) >= 11 is 0. The molecule has 7 nitrogen and oxygen atoms in total. The third kappa shape index (κ3) is 3.83. The molecule has 0 saturated heterocycles. The van der Waals surface area contributed by atoms with Crippen molar-refractivity contribution >= 4 is 12.2 Å². The van der Waals surface area contributed by atoms with Crippen molar-refractivity contribution in [2.24, 2.45) is 5.10 Å². The zero-order valence-electron chi connectivity index (χ0n) is 12.9. The highest BCUT2D eigenvalue weighted by atomic mass is 16.5. The van der Waals surface area contributed by atoms with E-state index < -0.39 is 5.97 Å². The summed E-state index contributed by atoms with van der Waals surface area (Å²) in [6.07, 6.45) is 4.63. The molecule has 0 fully saturated rings. The van der Waals surface area contributed by atoms with E-state index in [0.717, 1.165) is 5.56 Å². The Morgan fingerprint density at radius 2 is 1.62 bits per heavy atom. The minimum Gasteiger partial charge on any atom is -0.497 e. The summed E-state index contributed by atoms with van der Waals surface area (Å²) < 4.78 is 11.9. The van der Waals surface area contributed by atoms with Crippen LogP contribution in [0.1, 0.15) is 15.9 Å². The second-order valence-electron chi connectivity index (χ2n) is 4.77. The summed E-state index contributed by atoms with van der Waals surface area (Å²) in [5, 5.41) is 11.4. The molecule has 1 aromatic heterocycles. The van der Waals surface area contributed by atoms with E-state index >= 15 is 0 Å². The fourth-order valence-electron chi connectivity index (χ4n) is 1.90. The number of hydrogen-bond acceptors (Lipinski definition) is 6. The van der Waals surface area contributed by atoms with Crippen molar-refractivity contribution in [3.05, 3.63) is 72.3 Å². The van der Waals surface area contributed by atoms with E-state index in [1.165, 1.54) is 17.3 Å². The van der Waals surface area contributed by atoms with Crippen molar-refractivity contribution in [2.45, 2.75) is 0 Å². The molecule has 0 aliphatic carbocycles. The maximum Gasteiger partial charge on any atom is 0.343 e. The van der Waals surface area contributed by atoms with Crippen molar-refractivity contribution in [2.75, 3.05) is 7.11 Å². The lowest BCUT2D eigenvalue weighted by Crippen LogP contribution is -2.08. The van der Waals surface area contributed by atoms with Gasteiger partial charge in [-0.2, -0.15) is 5.10 Å². The smallest absolute Gasteiger partial charge is 0.343 e. The van der Waals surface area contributed by atoms with Crippen LogP contribution in [0.4, 0.5) is 0 Å². The molecule has 24 heavy (non-hydrogen) atoms. The zero-order chi connectivity index (χ0) is 16.8. The normalized spacial score (nSPS) is 10.7. The first-order valence-electron chi connectivity index (χ1n) is 7.10. The summed E-state index contributed by atoms with van der Waals surface area (Å²) in [7, 11) is 1.57. The molecule has 7 heteroatoms. The molecule has 0 saturated carbocycles. The zero-order valence-corrected chi connectivity index (χ0v) is 12.9. The van der Waals surface area contributed by atoms with Crippen LogP contribution in [0.25, 0.3) is 0 Å². The lowest BCUT2D eigenvalue weighted by Gasteiger charge is -2.05. The summed E-state index contributed by atoms with van der Waals surface area (Å²) in [4.78, 5) is 12.1. The van der Waals surface area contributed by atoms with Gasteiger partial charge < -0.3 is 9.47 Å². The molecule has 1 heterocycles. The molecule has 0 spiro atoms. The fraction of sp³-hybridized carbons (Fsp3) is 0.0588. The van der Waals surface area contributed by atoms with Crippen LogP contribution in [0.5, 0.6) is 11.5 Å². The molecule has 0 amide bonds. The lowest BCUT2D eigenvalue weighted by atomic mass is 10.2. The van der Waals surface area contributed by atoms with E-state index in [1.807, 2.05) is 0 Å². The third-order valence-electron chi connectivity index (χ3n) is 3.16. The van der Waals surface area contributed by atoms with Gasteiger partial charge in [-0.1, -0.05) is 0 Å². The number of ether oxygens (including phenoxy) is 2. The Bertz CT molecular complexity index is 825. The van der Waals surface area contributed by atoms with Crippen LogP contribution in [-0.2, 0) is 0 Å². The lowest BCUT2D eigenvalue weighted by molar-refractivity contribution is 0.0734. The van der Waals surface area contributed by atoms with Gasteiger partial charge in [0.15, 0.2) is 0 Å². The minimum absolute atomic E-state index is 0.427. The highest BCUT2D eigenvalue weighted by Crippen LogP contribution is 2.16. The number of carbonyl (C=O) groups excluding carboxylic acids is 1. The van der Waals surface area contributed by atoms with E-state index in [0.29, 0.717) is 17.1 Å². The quantitative estimate of drug-likeness (QED) is 0.409. The van der Waals surface area contributed by atoms with Crippen LogP contribution in [0, 0.1) is 0 Å². The first-order valence-corrected chi connectivity index (χ1v) is 7.10. The van der Waals surface area contributed by atoms with Gasteiger partial charge in [0.1, 0.15) is 24.2 Å². The average Bonchev–Trinajstić information content (AvgIpc) is 3.15. The van der Waals surface area contributed by atoms with Crippen LogP contribution in [0.15, 0.2) is 66.3 Å². The number of carbonyl (C=O) groups is 1. The predicted molar refractivity (Wildman–Crippen MR) is 87.4 cm³/mol. The molecule has 3 rings (SSSR count). The molecule has 0 unspecified atom stereocenters. The monoisotopic (exact) mass is 322 g/mol. The molecule has 0 aliphatic heterocycles. The van der Waals surface area contributed by atoms with Gasteiger partial charge >= 0.3 is 5.97 Å². The van der Waals surface area contributed by atoms with E-state index in [1.54, 1.807) is 61.9 Å². The van der Waals surface area contributed by atoms with Gasteiger partial charge in [-0.25, -0.2) is 9.47 Å². The molecule has 3 aromatic rings. The van der Waals surface area contributed by atoms with E-state index in [2.05, 4.69) is 15.3 Å². The van der Waals surface area contributed by atoms with Gasteiger partial charge in [0.25, 0.3) is 0 Å². The average molecular weight is 322 g/mol. The number of benzene rings is 2. The fourth-order valence-corrected chi connectivity index (χ4v) is 1.90. The van der Waals surface area contributed by atoms with Gasteiger partial charge in [-0.15, -0.1) is 10.2 Å². The van der Waals surface area contributed by atoms with Crippen molar-refractivity contribution in [3.63, 3.8) is 0 Å². The Morgan fingerprint density at radius 3 is 2.25 bits per heavy atom. The van der Waals surface area contributed by atoms with Crippen molar-refractivity contribution in [3.8, 4) is 11.5 Å². The van der Waals surface area contributed by atoms with E-state index in [4.69, 9.17) is 9.47 Å². The van der Waals surface area contributed by atoms with Crippen molar-refractivity contribution < 1.29 is 14.3 Å². The largest absolute Gasteiger partial charge is 0.497 e. The van der Waals surface area contributed by atoms with E-state index in [9.17, 15) is 4.79 Å². The highest BCUT2D eigenvalue weighted by molar-refractivity contribution is 5.91. The first kappa shape index (κ1) is 15.4. The molecule has 2 aromatic carbocycles. The number of rotatable bonds is 5. The summed E-state index contributed by atoms with van der Waals surface area (Å²) in [6.45, 7) is 0. The van der Waals surface area contributed by atoms with Crippen LogP contribution in [-0.4, -0.2) is 34.2 Å². The summed E-state index contributed by atoms with van der Waals surface area (Å²) in [6, 6.07) is 13.7. The second-order valence-corrected chi connectivity index (χ2v) is 4.77. The Morgan fingerprint density at radius 1 is 1.00 bits per heavy atom. The number of aromatic nitrogens is 3. The van der Waals surface area contributed by atoms with Gasteiger partial charge in [-0.3, -0.25) is 0 Å². The molecule has 0 N–H and O–H groups in total. The van der Waals surface area contributed by atoms with Gasteiger partial charge in [0.05, 0.1) is 18.9 Å². The predicted octanol–water partition coefficient (Wildman–Crippen LogP) is 2.39. The maximum atomic E-state index is 12.1. The van der Waals surface area contributed by atoms with Crippen LogP contribution >= 0.6 is 0 Å². The van der Waals surface area contributed by atoms with E-state index in [-0.39, 0.29) is 0 Å².